The molecule has 0 saturated heterocycles. The Balaban J connectivity index is 1.88. The van der Waals surface area contributed by atoms with Gasteiger partial charge in [-0.05, 0) is 42.0 Å². The average molecular weight is 330 g/mol. The number of carbonyl (C=O) groups excluding carboxylic acids is 2. The van der Waals surface area contributed by atoms with Gasteiger partial charge in [0.25, 0.3) is 5.91 Å². The number of benzene rings is 2. The van der Waals surface area contributed by atoms with Crippen LogP contribution in [0.4, 0.5) is 5.69 Å². The van der Waals surface area contributed by atoms with E-state index in [1.807, 2.05) is 36.4 Å². The number of methoxy groups -OCH3 is 1. The van der Waals surface area contributed by atoms with Gasteiger partial charge in [-0.25, -0.2) is 4.79 Å². The first-order valence-corrected chi connectivity index (χ1v) is 7.77. The SMILES string of the molecule is COC(=O)c1ccc2c(c1)C(=Cc1ccnc3ccccc13)C(=O)N2. The van der Waals surface area contributed by atoms with Crippen LogP contribution in [0.25, 0.3) is 22.6 Å². The monoisotopic (exact) mass is 330 g/mol. The van der Waals surface area contributed by atoms with Crippen molar-refractivity contribution in [3.8, 4) is 0 Å². The van der Waals surface area contributed by atoms with Crippen molar-refractivity contribution in [1.82, 2.24) is 4.98 Å². The van der Waals surface area contributed by atoms with E-state index in [9.17, 15) is 9.59 Å². The first kappa shape index (κ1) is 15.1. The molecule has 1 amide bonds. The van der Waals surface area contributed by atoms with Crippen LogP contribution in [-0.2, 0) is 9.53 Å². The van der Waals surface area contributed by atoms with Crippen LogP contribution in [0.3, 0.4) is 0 Å². The number of fused-ring (bicyclic) bond motifs is 2. The predicted octanol–water partition coefficient (Wildman–Crippen LogP) is 3.51. The van der Waals surface area contributed by atoms with Gasteiger partial charge < -0.3 is 10.1 Å². The van der Waals surface area contributed by atoms with E-state index < -0.39 is 5.97 Å². The van der Waals surface area contributed by atoms with Gasteiger partial charge in [0, 0.05) is 28.4 Å². The largest absolute Gasteiger partial charge is 0.465 e. The molecular formula is C20H14N2O3. The van der Waals surface area contributed by atoms with Gasteiger partial charge >= 0.3 is 5.97 Å². The van der Waals surface area contributed by atoms with Gasteiger partial charge in [0.05, 0.1) is 18.2 Å². The molecule has 0 unspecified atom stereocenters. The molecule has 2 aromatic carbocycles. The van der Waals surface area contributed by atoms with Crippen LogP contribution < -0.4 is 5.32 Å². The molecule has 5 nitrogen and oxygen atoms in total. The molecule has 122 valence electrons. The molecule has 4 rings (SSSR count). The van der Waals surface area contributed by atoms with E-state index in [0.29, 0.717) is 22.4 Å². The minimum atomic E-state index is -0.434. The lowest BCUT2D eigenvalue weighted by Gasteiger charge is -2.04. The van der Waals surface area contributed by atoms with E-state index in [4.69, 9.17) is 4.74 Å². The van der Waals surface area contributed by atoms with Crippen molar-refractivity contribution in [1.29, 1.82) is 0 Å². The number of para-hydroxylation sites is 1. The number of anilines is 1. The summed E-state index contributed by atoms with van der Waals surface area (Å²) in [4.78, 5) is 28.5. The Morgan fingerprint density at radius 1 is 1.16 bits per heavy atom. The van der Waals surface area contributed by atoms with Crippen molar-refractivity contribution < 1.29 is 14.3 Å². The van der Waals surface area contributed by atoms with Gasteiger partial charge in [0.1, 0.15) is 0 Å². The molecule has 0 fully saturated rings. The van der Waals surface area contributed by atoms with E-state index in [1.54, 1.807) is 24.4 Å². The van der Waals surface area contributed by atoms with Gasteiger partial charge in [-0.2, -0.15) is 0 Å². The van der Waals surface area contributed by atoms with Gasteiger partial charge in [-0.15, -0.1) is 0 Å². The van der Waals surface area contributed by atoms with Crippen LogP contribution in [0.5, 0.6) is 0 Å². The van der Waals surface area contributed by atoms with Crippen LogP contribution in [0.15, 0.2) is 54.7 Å². The summed E-state index contributed by atoms with van der Waals surface area (Å²) in [6.45, 7) is 0. The summed E-state index contributed by atoms with van der Waals surface area (Å²) < 4.78 is 4.76. The number of esters is 1. The zero-order chi connectivity index (χ0) is 17.4. The highest BCUT2D eigenvalue weighted by Crippen LogP contribution is 2.34. The maximum atomic E-state index is 12.4. The van der Waals surface area contributed by atoms with Gasteiger partial charge in [0.2, 0.25) is 0 Å². The lowest BCUT2D eigenvalue weighted by Crippen LogP contribution is -2.03. The molecule has 0 atom stereocenters. The molecule has 0 bridgehead atoms. The molecule has 2 heterocycles. The molecule has 1 N–H and O–H groups in total. The first-order valence-electron chi connectivity index (χ1n) is 7.77. The smallest absolute Gasteiger partial charge is 0.337 e. The Labute approximate surface area is 144 Å². The number of pyridine rings is 1. The summed E-state index contributed by atoms with van der Waals surface area (Å²) in [5.41, 5.74) is 4.04. The number of amides is 1. The van der Waals surface area contributed by atoms with Crippen LogP contribution in [0, 0.1) is 0 Å². The maximum absolute atomic E-state index is 12.4. The Kier molecular flexibility index (Phi) is 3.54. The summed E-state index contributed by atoms with van der Waals surface area (Å²) >= 11 is 0. The molecule has 1 aliphatic rings. The third-order valence-corrected chi connectivity index (χ3v) is 4.21. The number of carbonyl (C=O) groups is 2. The highest BCUT2D eigenvalue weighted by atomic mass is 16.5. The molecule has 0 radical (unpaired) electrons. The topological polar surface area (TPSA) is 68.3 Å². The highest BCUT2D eigenvalue weighted by Gasteiger charge is 2.25. The van der Waals surface area contributed by atoms with E-state index in [2.05, 4.69) is 10.3 Å². The number of hydrogen-bond acceptors (Lipinski definition) is 4. The fraction of sp³-hybridized carbons (Fsp3) is 0.0500. The number of hydrogen-bond donors (Lipinski definition) is 1. The minimum absolute atomic E-state index is 0.196. The first-order chi connectivity index (χ1) is 12.2. The standard InChI is InChI=1S/C20H14N2O3/c1-25-20(24)13-6-7-18-15(11-13)16(19(23)22-18)10-12-8-9-21-17-5-3-2-4-14(12)17/h2-11H,1H3,(H,22,23). The van der Waals surface area contributed by atoms with E-state index in [0.717, 1.165) is 16.5 Å². The van der Waals surface area contributed by atoms with Crippen LogP contribution >= 0.6 is 0 Å². The van der Waals surface area contributed by atoms with Crippen LogP contribution in [0.2, 0.25) is 0 Å². The fourth-order valence-electron chi connectivity index (χ4n) is 2.98. The zero-order valence-electron chi connectivity index (χ0n) is 13.4. The number of ether oxygens (including phenoxy) is 1. The minimum Gasteiger partial charge on any atom is -0.465 e. The summed E-state index contributed by atoms with van der Waals surface area (Å²) in [6.07, 6.45) is 3.54. The van der Waals surface area contributed by atoms with Crippen molar-refractivity contribution in [3.05, 3.63) is 71.4 Å². The Bertz CT molecular complexity index is 1050. The average Bonchev–Trinajstić information content (AvgIpc) is 2.96. The molecular weight excluding hydrogens is 316 g/mol. The normalized spacial score (nSPS) is 14.4. The Hall–Kier alpha value is -3.47. The molecule has 0 saturated carbocycles. The fourth-order valence-corrected chi connectivity index (χ4v) is 2.98. The summed E-state index contributed by atoms with van der Waals surface area (Å²) in [5.74, 6) is -0.631. The van der Waals surface area contributed by atoms with Crippen molar-refractivity contribution in [2.24, 2.45) is 0 Å². The maximum Gasteiger partial charge on any atom is 0.337 e. The van der Waals surface area contributed by atoms with Crippen molar-refractivity contribution in [3.63, 3.8) is 0 Å². The van der Waals surface area contributed by atoms with Crippen LogP contribution in [0.1, 0.15) is 21.5 Å². The molecule has 3 aromatic rings. The lowest BCUT2D eigenvalue weighted by atomic mass is 10.00. The predicted molar refractivity (Wildman–Crippen MR) is 96.0 cm³/mol. The number of nitrogens with one attached hydrogen (secondary N) is 1. The number of nitrogens with zero attached hydrogens (tertiary/aromatic N) is 1. The second-order valence-electron chi connectivity index (χ2n) is 5.68. The summed E-state index contributed by atoms with van der Waals surface area (Å²) in [5, 5.41) is 3.79. The molecule has 25 heavy (non-hydrogen) atoms. The van der Waals surface area contributed by atoms with E-state index in [-0.39, 0.29) is 5.91 Å². The number of rotatable bonds is 2. The zero-order valence-corrected chi connectivity index (χ0v) is 13.4. The van der Waals surface area contributed by atoms with Gasteiger partial charge in [-0.1, -0.05) is 18.2 Å². The Morgan fingerprint density at radius 3 is 2.84 bits per heavy atom. The molecule has 5 heteroatoms. The summed E-state index contributed by atoms with van der Waals surface area (Å²) in [7, 11) is 1.33. The number of aromatic nitrogens is 1. The van der Waals surface area contributed by atoms with Gasteiger partial charge in [0.15, 0.2) is 0 Å². The van der Waals surface area contributed by atoms with Gasteiger partial charge in [-0.3, -0.25) is 9.78 Å². The van der Waals surface area contributed by atoms with Crippen LogP contribution in [-0.4, -0.2) is 24.0 Å². The molecule has 1 aromatic heterocycles. The second-order valence-corrected chi connectivity index (χ2v) is 5.68. The Morgan fingerprint density at radius 2 is 2.00 bits per heavy atom. The van der Waals surface area contributed by atoms with Crippen molar-refractivity contribution >= 4 is 40.1 Å². The molecule has 0 aliphatic carbocycles. The lowest BCUT2D eigenvalue weighted by molar-refractivity contribution is -0.110. The second kappa shape index (κ2) is 5.87. The third kappa shape index (κ3) is 2.55. The van der Waals surface area contributed by atoms with Crippen molar-refractivity contribution in [2.45, 2.75) is 0 Å². The van der Waals surface area contributed by atoms with E-state index >= 15 is 0 Å². The third-order valence-electron chi connectivity index (χ3n) is 4.21. The molecule has 1 aliphatic heterocycles. The quantitative estimate of drug-likeness (QED) is 0.577. The molecule has 0 spiro atoms. The van der Waals surface area contributed by atoms with Crippen molar-refractivity contribution in [2.75, 3.05) is 12.4 Å². The summed E-state index contributed by atoms with van der Waals surface area (Å²) in [6, 6.07) is 14.6. The highest BCUT2D eigenvalue weighted by molar-refractivity contribution is 6.35. The van der Waals surface area contributed by atoms with E-state index in [1.165, 1.54) is 7.11 Å².